The maximum atomic E-state index is 11.6. The van der Waals surface area contributed by atoms with Crippen LogP contribution in [0.2, 0.25) is 0 Å². The summed E-state index contributed by atoms with van der Waals surface area (Å²) >= 11 is 0. The number of anilines is 1. The van der Waals surface area contributed by atoms with Gasteiger partial charge in [-0.2, -0.15) is 0 Å². The minimum Gasteiger partial charge on any atom is -0.338 e. The molecule has 0 spiro atoms. The zero-order valence-electron chi connectivity index (χ0n) is 11.1. The number of hydrogen-bond acceptors (Lipinski definition) is 3. The zero-order valence-corrected chi connectivity index (χ0v) is 11.9. The molecular formula is C12H19N3O3S. The van der Waals surface area contributed by atoms with Gasteiger partial charge in [0, 0.05) is 12.2 Å². The second kappa shape index (κ2) is 6.53. The van der Waals surface area contributed by atoms with Crippen LogP contribution >= 0.6 is 0 Å². The molecule has 0 radical (unpaired) electrons. The van der Waals surface area contributed by atoms with E-state index in [1.54, 1.807) is 13.0 Å². The van der Waals surface area contributed by atoms with Gasteiger partial charge in [0.15, 0.2) is 0 Å². The highest BCUT2D eigenvalue weighted by Crippen LogP contribution is 2.19. The molecule has 0 unspecified atom stereocenters. The Bertz CT molecular complexity index is 555. The molecule has 0 fully saturated rings. The van der Waals surface area contributed by atoms with Gasteiger partial charge in [-0.05, 0) is 31.0 Å². The lowest BCUT2D eigenvalue weighted by molar-refractivity contribution is 0.252. The van der Waals surface area contributed by atoms with Gasteiger partial charge in [0.25, 0.3) is 0 Å². The van der Waals surface area contributed by atoms with Crippen LogP contribution in [0.25, 0.3) is 0 Å². The van der Waals surface area contributed by atoms with Crippen molar-refractivity contribution in [2.75, 3.05) is 11.9 Å². The first-order valence-electron chi connectivity index (χ1n) is 6.03. The third-order valence-electron chi connectivity index (χ3n) is 2.60. The molecule has 0 aliphatic carbocycles. The largest absolute Gasteiger partial charge is 0.338 e. The Morgan fingerprint density at radius 2 is 2.05 bits per heavy atom. The van der Waals surface area contributed by atoms with Gasteiger partial charge in [0.1, 0.15) is 0 Å². The normalized spacial score (nSPS) is 11.1. The lowest BCUT2D eigenvalue weighted by Gasteiger charge is -2.10. The van der Waals surface area contributed by atoms with Gasteiger partial charge in [0.2, 0.25) is 10.0 Å². The number of benzene rings is 1. The van der Waals surface area contributed by atoms with E-state index in [4.69, 9.17) is 5.14 Å². The molecule has 7 heteroatoms. The molecule has 6 nitrogen and oxygen atoms in total. The maximum Gasteiger partial charge on any atom is 0.319 e. The number of aryl methyl sites for hydroxylation is 1. The van der Waals surface area contributed by atoms with Crippen molar-refractivity contribution in [3.63, 3.8) is 0 Å². The molecule has 0 heterocycles. The number of nitrogens with one attached hydrogen (secondary N) is 2. The average Bonchev–Trinajstić information content (AvgIpc) is 2.31. The lowest BCUT2D eigenvalue weighted by atomic mass is 10.2. The number of amides is 2. The van der Waals surface area contributed by atoms with Crippen molar-refractivity contribution < 1.29 is 13.2 Å². The molecular weight excluding hydrogens is 266 g/mol. The third-order valence-corrected chi connectivity index (χ3v) is 3.51. The molecule has 0 bridgehead atoms. The van der Waals surface area contributed by atoms with Gasteiger partial charge in [-0.25, -0.2) is 18.4 Å². The van der Waals surface area contributed by atoms with Gasteiger partial charge in [-0.1, -0.05) is 19.4 Å². The smallest absolute Gasteiger partial charge is 0.319 e. The molecule has 2 amide bonds. The Labute approximate surface area is 113 Å². The van der Waals surface area contributed by atoms with E-state index in [0.29, 0.717) is 12.2 Å². The van der Waals surface area contributed by atoms with Gasteiger partial charge in [-0.15, -0.1) is 0 Å². The maximum absolute atomic E-state index is 11.6. The van der Waals surface area contributed by atoms with Gasteiger partial charge in [-0.3, -0.25) is 0 Å². The number of rotatable bonds is 5. The van der Waals surface area contributed by atoms with Crippen molar-refractivity contribution in [2.45, 2.75) is 31.6 Å². The van der Waals surface area contributed by atoms with Crippen LogP contribution in [0.15, 0.2) is 23.1 Å². The van der Waals surface area contributed by atoms with Crippen LogP contribution in [0.4, 0.5) is 10.5 Å². The lowest BCUT2D eigenvalue weighted by Crippen LogP contribution is -2.29. The third kappa shape index (κ3) is 4.88. The van der Waals surface area contributed by atoms with E-state index in [2.05, 4.69) is 10.6 Å². The Balaban J connectivity index is 2.80. The van der Waals surface area contributed by atoms with Crippen LogP contribution in [-0.2, 0) is 10.0 Å². The topological polar surface area (TPSA) is 101 Å². The van der Waals surface area contributed by atoms with E-state index in [0.717, 1.165) is 18.4 Å². The van der Waals surface area contributed by atoms with E-state index in [-0.39, 0.29) is 10.9 Å². The number of unbranched alkanes of at least 4 members (excludes halogenated alkanes) is 1. The summed E-state index contributed by atoms with van der Waals surface area (Å²) in [5.41, 5.74) is 1.19. The van der Waals surface area contributed by atoms with Crippen LogP contribution in [0.5, 0.6) is 0 Å². The fourth-order valence-electron chi connectivity index (χ4n) is 1.46. The highest BCUT2D eigenvalue weighted by atomic mass is 32.2. The quantitative estimate of drug-likeness (QED) is 0.715. The zero-order chi connectivity index (χ0) is 14.5. The standard InChI is InChI=1S/C12H19N3O3S/c1-3-4-7-14-12(16)15-11-8-10(19(13,17)18)6-5-9(11)2/h5-6,8H,3-4,7H2,1-2H3,(H2,13,17,18)(H2,14,15,16). The second-order valence-electron chi connectivity index (χ2n) is 4.26. The van der Waals surface area contributed by atoms with Crippen molar-refractivity contribution in [2.24, 2.45) is 5.14 Å². The van der Waals surface area contributed by atoms with E-state index in [9.17, 15) is 13.2 Å². The molecule has 0 atom stereocenters. The van der Waals surface area contributed by atoms with E-state index < -0.39 is 10.0 Å². The number of urea groups is 1. The number of sulfonamides is 1. The second-order valence-corrected chi connectivity index (χ2v) is 5.82. The Hall–Kier alpha value is -1.60. The van der Waals surface area contributed by atoms with Crippen molar-refractivity contribution in [3.05, 3.63) is 23.8 Å². The van der Waals surface area contributed by atoms with Crippen LogP contribution < -0.4 is 15.8 Å². The molecule has 19 heavy (non-hydrogen) atoms. The Morgan fingerprint density at radius 3 is 2.63 bits per heavy atom. The molecule has 1 aromatic carbocycles. The van der Waals surface area contributed by atoms with E-state index in [1.807, 2.05) is 6.92 Å². The molecule has 106 valence electrons. The van der Waals surface area contributed by atoms with E-state index >= 15 is 0 Å². The Morgan fingerprint density at radius 1 is 1.37 bits per heavy atom. The summed E-state index contributed by atoms with van der Waals surface area (Å²) in [5, 5.41) is 10.3. The summed E-state index contributed by atoms with van der Waals surface area (Å²) in [6, 6.07) is 4.00. The molecule has 0 aromatic heterocycles. The van der Waals surface area contributed by atoms with Crippen molar-refractivity contribution in [1.29, 1.82) is 0 Å². The van der Waals surface area contributed by atoms with Crippen molar-refractivity contribution in [1.82, 2.24) is 5.32 Å². The molecule has 1 rings (SSSR count). The van der Waals surface area contributed by atoms with Crippen molar-refractivity contribution >= 4 is 21.7 Å². The number of primary sulfonamides is 1. The van der Waals surface area contributed by atoms with Crippen molar-refractivity contribution in [3.8, 4) is 0 Å². The fraction of sp³-hybridized carbons (Fsp3) is 0.417. The molecule has 1 aromatic rings. The van der Waals surface area contributed by atoms with Crippen LogP contribution in [0, 0.1) is 6.92 Å². The summed E-state index contributed by atoms with van der Waals surface area (Å²) in [4.78, 5) is 11.6. The monoisotopic (exact) mass is 285 g/mol. The summed E-state index contributed by atoms with van der Waals surface area (Å²) in [7, 11) is -3.77. The summed E-state index contributed by atoms with van der Waals surface area (Å²) in [5.74, 6) is 0. The van der Waals surface area contributed by atoms with E-state index in [1.165, 1.54) is 12.1 Å². The Kier molecular flexibility index (Phi) is 5.31. The predicted molar refractivity (Wildman–Crippen MR) is 74.5 cm³/mol. The number of nitrogens with two attached hydrogens (primary N) is 1. The highest BCUT2D eigenvalue weighted by molar-refractivity contribution is 7.89. The highest BCUT2D eigenvalue weighted by Gasteiger charge is 2.11. The van der Waals surface area contributed by atoms with Crippen LogP contribution in [0.3, 0.4) is 0 Å². The predicted octanol–water partition coefficient (Wildman–Crippen LogP) is 1.56. The van der Waals surface area contributed by atoms with Crippen LogP contribution in [0.1, 0.15) is 25.3 Å². The molecule has 4 N–H and O–H groups in total. The number of carbonyl (C=O) groups excluding carboxylic acids is 1. The molecule has 0 saturated carbocycles. The van der Waals surface area contributed by atoms with Crippen LogP contribution in [-0.4, -0.2) is 21.0 Å². The number of carbonyl (C=O) groups is 1. The minimum absolute atomic E-state index is 0.0260. The van der Waals surface area contributed by atoms with Gasteiger partial charge < -0.3 is 10.6 Å². The SMILES string of the molecule is CCCCNC(=O)Nc1cc(S(N)(=O)=O)ccc1C. The van der Waals surface area contributed by atoms with Gasteiger partial charge >= 0.3 is 6.03 Å². The first-order valence-corrected chi connectivity index (χ1v) is 7.57. The molecule has 0 aliphatic heterocycles. The summed E-state index contributed by atoms with van der Waals surface area (Å²) in [6.45, 7) is 4.38. The summed E-state index contributed by atoms with van der Waals surface area (Å²) < 4.78 is 22.5. The molecule has 0 saturated heterocycles. The average molecular weight is 285 g/mol. The molecule has 0 aliphatic rings. The summed E-state index contributed by atoms with van der Waals surface area (Å²) in [6.07, 6.45) is 1.88. The first kappa shape index (κ1) is 15.5. The first-order chi connectivity index (χ1) is 8.84. The fourth-order valence-corrected chi connectivity index (χ4v) is 2.00. The van der Waals surface area contributed by atoms with Gasteiger partial charge in [0.05, 0.1) is 4.90 Å². The number of hydrogen-bond donors (Lipinski definition) is 3. The minimum atomic E-state index is -3.77.